The molecule has 1 atom stereocenters. The van der Waals surface area contributed by atoms with Crippen LogP contribution in [0.4, 0.5) is 0 Å². The summed E-state index contributed by atoms with van der Waals surface area (Å²) in [5.41, 5.74) is 2.51. The first-order valence-electron chi connectivity index (χ1n) is 8.31. The molecule has 0 aromatic heterocycles. The molecule has 2 rings (SSSR count). The number of benzene rings is 2. The van der Waals surface area contributed by atoms with Crippen LogP contribution in [0.25, 0.3) is 0 Å². The number of hydrogen-bond donors (Lipinski definition) is 1. The predicted octanol–water partition coefficient (Wildman–Crippen LogP) is 4.23. The molecule has 0 fully saturated rings. The molecule has 0 spiro atoms. The average Bonchev–Trinajstić information content (AvgIpc) is 2.61. The Balaban J connectivity index is 1.69. The van der Waals surface area contributed by atoms with E-state index in [0.717, 1.165) is 17.1 Å². The summed E-state index contributed by atoms with van der Waals surface area (Å²) in [6.45, 7) is 7.08. The van der Waals surface area contributed by atoms with Crippen molar-refractivity contribution in [2.24, 2.45) is 0 Å². The second-order valence-electron chi connectivity index (χ2n) is 5.71. The molecule has 3 nitrogen and oxygen atoms in total. The summed E-state index contributed by atoms with van der Waals surface area (Å²) in [6.07, 6.45) is 1.02. The topological polar surface area (TPSA) is 38.3 Å². The molecule has 2 aromatic rings. The Bertz CT molecular complexity index is 638. The Morgan fingerprint density at radius 1 is 1.12 bits per heavy atom. The third-order valence-electron chi connectivity index (χ3n) is 3.70. The largest absolute Gasteiger partial charge is 0.492 e. The van der Waals surface area contributed by atoms with Crippen LogP contribution in [-0.2, 0) is 11.2 Å². The van der Waals surface area contributed by atoms with Gasteiger partial charge in [-0.1, -0.05) is 36.8 Å². The van der Waals surface area contributed by atoms with Crippen molar-refractivity contribution in [3.8, 4) is 5.75 Å². The van der Waals surface area contributed by atoms with Gasteiger partial charge in [-0.3, -0.25) is 4.79 Å². The highest BCUT2D eigenvalue weighted by molar-refractivity contribution is 8.00. The molecule has 1 N–H and O–H groups in total. The zero-order valence-electron chi connectivity index (χ0n) is 14.5. The normalized spacial score (nSPS) is 11.8. The molecule has 0 aliphatic rings. The van der Waals surface area contributed by atoms with Crippen LogP contribution in [0.3, 0.4) is 0 Å². The van der Waals surface area contributed by atoms with Gasteiger partial charge in [0, 0.05) is 4.90 Å². The fourth-order valence-corrected chi connectivity index (χ4v) is 3.07. The minimum absolute atomic E-state index is 0.0329. The van der Waals surface area contributed by atoms with Crippen molar-refractivity contribution in [3.05, 3.63) is 59.7 Å². The molecular formula is C20H25NO2S. The molecule has 4 heteroatoms. The molecule has 24 heavy (non-hydrogen) atoms. The van der Waals surface area contributed by atoms with Gasteiger partial charge in [0.1, 0.15) is 12.4 Å². The molecule has 1 amide bonds. The minimum atomic E-state index is -0.128. The van der Waals surface area contributed by atoms with Crippen LogP contribution in [0.2, 0.25) is 0 Å². The van der Waals surface area contributed by atoms with Crippen molar-refractivity contribution >= 4 is 17.7 Å². The fraction of sp³-hybridized carbons (Fsp3) is 0.350. The number of carbonyl (C=O) groups excluding carboxylic acids is 1. The lowest BCUT2D eigenvalue weighted by molar-refractivity contribution is -0.120. The van der Waals surface area contributed by atoms with Crippen LogP contribution in [0.5, 0.6) is 5.75 Å². The molecule has 0 saturated carbocycles. The first-order valence-corrected chi connectivity index (χ1v) is 9.19. The van der Waals surface area contributed by atoms with E-state index in [2.05, 4.69) is 43.4 Å². The first-order chi connectivity index (χ1) is 11.6. The second kappa shape index (κ2) is 9.38. The lowest BCUT2D eigenvalue weighted by Gasteiger charge is -2.13. The fourth-order valence-electron chi connectivity index (χ4n) is 2.18. The number of hydrogen-bond acceptors (Lipinski definition) is 3. The van der Waals surface area contributed by atoms with Crippen LogP contribution < -0.4 is 10.1 Å². The first kappa shape index (κ1) is 18.4. The second-order valence-corrected chi connectivity index (χ2v) is 7.12. The van der Waals surface area contributed by atoms with E-state index in [0.29, 0.717) is 13.2 Å². The van der Waals surface area contributed by atoms with Crippen LogP contribution in [0.15, 0.2) is 53.4 Å². The molecule has 2 aromatic carbocycles. The maximum Gasteiger partial charge on any atom is 0.233 e. The third kappa shape index (κ3) is 5.93. The molecule has 0 unspecified atom stereocenters. The van der Waals surface area contributed by atoms with Gasteiger partial charge in [0.2, 0.25) is 5.91 Å². The maximum atomic E-state index is 12.1. The molecule has 128 valence electrons. The Labute approximate surface area is 148 Å². The van der Waals surface area contributed by atoms with Crippen molar-refractivity contribution in [1.82, 2.24) is 5.32 Å². The summed E-state index contributed by atoms with van der Waals surface area (Å²) in [5, 5.41) is 2.79. The molecule has 0 heterocycles. The molecule has 0 aliphatic carbocycles. The van der Waals surface area contributed by atoms with Gasteiger partial charge in [0.05, 0.1) is 11.8 Å². The highest BCUT2D eigenvalue weighted by Gasteiger charge is 2.13. The van der Waals surface area contributed by atoms with Crippen molar-refractivity contribution in [3.63, 3.8) is 0 Å². The highest BCUT2D eigenvalue weighted by atomic mass is 32.2. The lowest BCUT2D eigenvalue weighted by Crippen LogP contribution is -2.33. The lowest BCUT2D eigenvalue weighted by atomic mass is 10.2. The van der Waals surface area contributed by atoms with E-state index >= 15 is 0 Å². The maximum absolute atomic E-state index is 12.1. The predicted molar refractivity (Wildman–Crippen MR) is 101 cm³/mol. The highest BCUT2D eigenvalue weighted by Crippen LogP contribution is 2.23. The summed E-state index contributed by atoms with van der Waals surface area (Å²) in [7, 11) is 0. The summed E-state index contributed by atoms with van der Waals surface area (Å²) >= 11 is 1.57. The Morgan fingerprint density at radius 2 is 1.79 bits per heavy atom. The van der Waals surface area contributed by atoms with Gasteiger partial charge in [0.25, 0.3) is 0 Å². The average molecular weight is 343 g/mol. The van der Waals surface area contributed by atoms with E-state index in [-0.39, 0.29) is 11.2 Å². The number of amides is 1. The summed E-state index contributed by atoms with van der Waals surface area (Å²) < 4.78 is 5.65. The molecule has 0 aliphatic heterocycles. The van der Waals surface area contributed by atoms with Crippen molar-refractivity contribution in [1.29, 1.82) is 0 Å². The van der Waals surface area contributed by atoms with Gasteiger partial charge in [-0.05, 0) is 50.1 Å². The van der Waals surface area contributed by atoms with Crippen LogP contribution in [0.1, 0.15) is 25.0 Å². The zero-order chi connectivity index (χ0) is 17.4. The van der Waals surface area contributed by atoms with E-state index < -0.39 is 0 Å². The standard InChI is InChI=1S/C20H25NO2S/c1-4-17-7-9-18(10-8-17)23-14-13-21-20(22)16(3)24-19-11-5-15(2)6-12-19/h5-12,16H,4,13-14H2,1-3H3,(H,21,22)/t16-/m0/s1. The smallest absolute Gasteiger partial charge is 0.233 e. The Kier molecular flexibility index (Phi) is 7.19. The molecule has 0 bridgehead atoms. The number of aryl methyl sites for hydroxylation is 2. The van der Waals surface area contributed by atoms with Crippen LogP contribution in [0, 0.1) is 6.92 Å². The zero-order valence-corrected chi connectivity index (χ0v) is 15.4. The molecule has 0 saturated heterocycles. The minimum Gasteiger partial charge on any atom is -0.492 e. The quantitative estimate of drug-likeness (QED) is 0.576. The van der Waals surface area contributed by atoms with Crippen LogP contribution in [-0.4, -0.2) is 24.3 Å². The number of rotatable bonds is 8. The number of nitrogens with one attached hydrogen (secondary N) is 1. The van der Waals surface area contributed by atoms with Gasteiger partial charge in [0.15, 0.2) is 0 Å². The van der Waals surface area contributed by atoms with Crippen molar-refractivity contribution in [2.75, 3.05) is 13.2 Å². The third-order valence-corrected chi connectivity index (χ3v) is 4.82. The van der Waals surface area contributed by atoms with Gasteiger partial charge in [-0.15, -0.1) is 11.8 Å². The summed E-state index contributed by atoms with van der Waals surface area (Å²) in [5.74, 6) is 0.869. The van der Waals surface area contributed by atoms with Gasteiger partial charge >= 0.3 is 0 Å². The van der Waals surface area contributed by atoms with Gasteiger partial charge < -0.3 is 10.1 Å². The Hall–Kier alpha value is -1.94. The van der Waals surface area contributed by atoms with Gasteiger partial charge in [-0.25, -0.2) is 0 Å². The van der Waals surface area contributed by atoms with Crippen molar-refractivity contribution < 1.29 is 9.53 Å². The molecule has 0 radical (unpaired) electrons. The van der Waals surface area contributed by atoms with Crippen LogP contribution >= 0.6 is 11.8 Å². The molecular weight excluding hydrogens is 318 g/mol. The number of thioether (sulfide) groups is 1. The summed E-state index contributed by atoms with van der Waals surface area (Å²) in [4.78, 5) is 13.2. The van der Waals surface area contributed by atoms with Gasteiger partial charge in [-0.2, -0.15) is 0 Å². The van der Waals surface area contributed by atoms with E-state index in [1.165, 1.54) is 11.1 Å². The number of carbonyl (C=O) groups is 1. The van der Waals surface area contributed by atoms with E-state index in [4.69, 9.17) is 4.74 Å². The van der Waals surface area contributed by atoms with E-state index in [9.17, 15) is 4.79 Å². The summed E-state index contributed by atoms with van der Waals surface area (Å²) in [6, 6.07) is 16.3. The Morgan fingerprint density at radius 3 is 2.42 bits per heavy atom. The monoisotopic (exact) mass is 343 g/mol. The SMILES string of the molecule is CCc1ccc(OCCNC(=O)[C@H](C)Sc2ccc(C)cc2)cc1. The van der Waals surface area contributed by atoms with E-state index in [1.807, 2.05) is 31.2 Å². The number of ether oxygens (including phenoxy) is 1. The van der Waals surface area contributed by atoms with E-state index in [1.54, 1.807) is 11.8 Å². The van der Waals surface area contributed by atoms with Crippen molar-refractivity contribution in [2.45, 2.75) is 37.3 Å².